The summed E-state index contributed by atoms with van der Waals surface area (Å²) < 4.78 is 3.56. The molecule has 1 atom stereocenters. The minimum atomic E-state index is -0.206. The van der Waals surface area contributed by atoms with Crippen LogP contribution in [0.2, 0.25) is 0 Å². The molecule has 1 N–H and O–H groups in total. The van der Waals surface area contributed by atoms with Crippen molar-refractivity contribution in [2.45, 2.75) is 66.2 Å². The third-order valence-corrected chi connectivity index (χ3v) is 5.69. The van der Waals surface area contributed by atoms with Gasteiger partial charge in [-0.25, -0.2) is 0 Å². The monoisotopic (exact) mass is 471 g/mol. The van der Waals surface area contributed by atoms with Crippen LogP contribution in [0.5, 0.6) is 0 Å². The number of hydrogen-bond donors (Lipinski definition) is 1. The fourth-order valence-corrected chi connectivity index (χ4v) is 3.92. The molecule has 1 amide bonds. The number of rotatable bonds is 7. The molecule has 3 heterocycles. The number of carbonyl (C=O) groups excluding carboxylic acids is 1. The van der Waals surface area contributed by atoms with Crippen LogP contribution in [0.3, 0.4) is 0 Å². The first-order chi connectivity index (χ1) is 13.9. The van der Waals surface area contributed by atoms with Crippen molar-refractivity contribution in [3.05, 3.63) is 51.7 Å². The van der Waals surface area contributed by atoms with E-state index < -0.39 is 0 Å². The highest BCUT2D eigenvalue weighted by molar-refractivity contribution is 5.95. The molecule has 174 valence electrons. The van der Waals surface area contributed by atoms with Gasteiger partial charge in [0, 0.05) is 43.6 Å². The molecule has 0 aromatic carbocycles. The van der Waals surface area contributed by atoms with E-state index in [2.05, 4.69) is 10.4 Å². The summed E-state index contributed by atoms with van der Waals surface area (Å²) in [6, 6.07) is 1.86. The smallest absolute Gasteiger partial charge is 0.263 e. The molecular weight excluding hydrogens is 437 g/mol. The Labute approximate surface area is 197 Å². The second-order valence-corrected chi connectivity index (χ2v) is 8.27. The third-order valence-electron chi connectivity index (χ3n) is 5.69. The largest absolute Gasteiger partial charge is 0.332 e. The highest BCUT2D eigenvalue weighted by Gasteiger charge is 2.25. The highest BCUT2D eigenvalue weighted by atomic mass is 35.5. The summed E-state index contributed by atoms with van der Waals surface area (Å²) in [5, 5.41) is 7.69. The van der Waals surface area contributed by atoms with Crippen LogP contribution in [0, 0.1) is 12.8 Å². The maximum atomic E-state index is 13.4. The van der Waals surface area contributed by atoms with Gasteiger partial charge in [-0.2, -0.15) is 5.10 Å². The predicted octanol–water partition coefficient (Wildman–Crippen LogP) is 3.27. The zero-order chi connectivity index (χ0) is 21.0. The van der Waals surface area contributed by atoms with E-state index in [0.717, 1.165) is 43.6 Å². The molecule has 0 saturated carbocycles. The summed E-state index contributed by atoms with van der Waals surface area (Å²) in [7, 11) is 0. The van der Waals surface area contributed by atoms with Crippen molar-refractivity contribution in [1.82, 2.24) is 24.6 Å². The summed E-state index contributed by atoms with van der Waals surface area (Å²) in [5.41, 5.74) is 1.80. The minimum Gasteiger partial charge on any atom is -0.332 e. The number of amides is 1. The van der Waals surface area contributed by atoms with E-state index >= 15 is 0 Å². The van der Waals surface area contributed by atoms with Crippen LogP contribution < -0.4 is 10.9 Å². The lowest BCUT2D eigenvalue weighted by Gasteiger charge is -2.27. The highest BCUT2D eigenvalue weighted by Crippen LogP contribution is 2.16. The first-order valence-corrected chi connectivity index (χ1v) is 10.6. The summed E-state index contributed by atoms with van der Waals surface area (Å²) in [6.45, 7) is 11.7. The number of pyridine rings is 1. The lowest BCUT2D eigenvalue weighted by molar-refractivity contribution is 0.0686. The number of nitrogens with one attached hydrogen (secondary N) is 1. The van der Waals surface area contributed by atoms with Gasteiger partial charge in [-0.05, 0) is 71.2 Å². The molecule has 3 rings (SSSR count). The van der Waals surface area contributed by atoms with Crippen molar-refractivity contribution in [1.29, 1.82) is 0 Å². The fraction of sp³-hybridized carbons (Fsp3) is 0.591. The van der Waals surface area contributed by atoms with Crippen molar-refractivity contribution in [3.63, 3.8) is 0 Å². The van der Waals surface area contributed by atoms with Crippen LogP contribution in [-0.4, -0.2) is 44.3 Å². The molecule has 7 nitrogen and oxygen atoms in total. The number of hydrogen-bond acceptors (Lipinski definition) is 4. The second kappa shape index (κ2) is 12.3. The number of nitrogens with zero attached hydrogens (tertiary/aromatic N) is 4. The van der Waals surface area contributed by atoms with Gasteiger partial charge in [0.1, 0.15) is 5.56 Å². The van der Waals surface area contributed by atoms with Gasteiger partial charge in [0.15, 0.2) is 0 Å². The maximum Gasteiger partial charge on any atom is 0.263 e. The van der Waals surface area contributed by atoms with Crippen LogP contribution in [0.15, 0.2) is 29.5 Å². The van der Waals surface area contributed by atoms with Crippen LogP contribution in [0.4, 0.5) is 0 Å². The first-order valence-electron chi connectivity index (χ1n) is 10.6. The molecule has 1 aliphatic heterocycles. The second-order valence-electron chi connectivity index (χ2n) is 8.27. The van der Waals surface area contributed by atoms with Crippen LogP contribution in [0.25, 0.3) is 0 Å². The third kappa shape index (κ3) is 6.57. The topological polar surface area (TPSA) is 72.2 Å². The lowest BCUT2D eigenvalue weighted by Crippen LogP contribution is -2.41. The molecule has 31 heavy (non-hydrogen) atoms. The molecule has 0 spiro atoms. The number of aryl methyl sites for hydroxylation is 2. The van der Waals surface area contributed by atoms with Gasteiger partial charge in [0.05, 0.1) is 6.20 Å². The summed E-state index contributed by atoms with van der Waals surface area (Å²) in [6.07, 6.45) is 7.81. The van der Waals surface area contributed by atoms with Gasteiger partial charge in [0.2, 0.25) is 0 Å². The molecule has 1 fully saturated rings. The van der Waals surface area contributed by atoms with Crippen molar-refractivity contribution < 1.29 is 4.79 Å². The van der Waals surface area contributed by atoms with Gasteiger partial charge in [0.25, 0.3) is 11.5 Å². The molecule has 0 radical (unpaired) electrons. The molecule has 2 aromatic heterocycles. The van der Waals surface area contributed by atoms with Gasteiger partial charge in [-0.15, -0.1) is 24.8 Å². The van der Waals surface area contributed by atoms with Gasteiger partial charge >= 0.3 is 0 Å². The Kier molecular flexibility index (Phi) is 10.8. The Balaban J connectivity index is 0.00000240. The standard InChI is InChI=1S/C22H33N5O2.2ClH/c1-5-26-14-19(12-24-26)15-27(16(2)3)22(29)20-17(4)8-10-25(21(20)28)13-18-7-6-9-23-11-18;;/h8,10,12,14,16,18,23H,5-7,9,11,13,15H2,1-4H3;2*1H. The van der Waals surface area contributed by atoms with Gasteiger partial charge < -0.3 is 14.8 Å². The summed E-state index contributed by atoms with van der Waals surface area (Å²) in [4.78, 5) is 28.4. The number of aromatic nitrogens is 3. The van der Waals surface area contributed by atoms with Crippen LogP contribution in [-0.2, 0) is 19.6 Å². The Bertz CT molecular complexity index is 904. The molecule has 1 saturated heterocycles. The quantitative estimate of drug-likeness (QED) is 0.672. The van der Waals surface area contributed by atoms with E-state index in [4.69, 9.17) is 0 Å². The van der Waals surface area contributed by atoms with E-state index in [0.29, 0.717) is 19.0 Å². The molecule has 1 unspecified atom stereocenters. The van der Waals surface area contributed by atoms with E-state index in [1.54, 1.807) is 15.7 Å². The molecule has 1 aliphatic rings. The Morgan fingerprint density at radius 1 is 1.35 bits per heavy atom. The Morgan fingerprint density at radius 3 is 2.68 bits per heavy atom. The number of piperidine rings is 1. The molecule has 2 aromatic rings. The van der Waals surface area contributed by atoms with Crippen molar-refractivity contribution in [2.75, 3.05) is 13.1 Å². The minimum absolute atomic E-state index is 0. The van der Waals surface area contributed by atoms with Gasteiger partial charge in [-0.1, -0.05) is 0 Å². The normalized spacial score (nSPS) is 15.8. The molecule has 0 aliphatic carbocycles. The summed E-state index contributed by atoms with van der Waals surface area (Å²) in [5.74, 6) is 0.219. The Morgan fingerprint density at radius 2 is 2.10 bits per heavy atom. The molecular formula is C22H35Cl2N5O2. The number of halogens is 2. The average molecular weight is 472 g/mol. The van der Waals surface area contributed by atoms with E-state index in [1.807, 2.05) is 50.8 Å². The maximum absolute atomic E-state index is 13.4. The lowest BCUT2D eigenvalue weighted by atomic mass is 9.99. The number of carbonyl (C=O) groups is 1. The van der Waals surface area contributed by atoms with Crippen LogP contribution in [0.1, 0.15) is 55.1 Å². The van der Waals surface area contributed by atoms with Crippen LogP contribution >= 0.6 is 24.8 Å². The van der Waals surface area contributed by atoms with E-state index in [9.17, 15) is 9.59 Å². The Hall–Kier alpha value is -1.83. The SMILES string of the molecule is CCn1cc(CN(C(=O)c2c(C)ccn(CC3CCCNC3)c2=O)C(C)C)cn1.Cl.Cl. The predicted molar refractivity (Wildman–Crippen MR) is 128 cm³/mol. The average Bonchev–Trinajstić information content (AvgIpc) is 3.17. The van der Waals surface area contributed by atoms with Crippen molar-refractivity contribution in [3.8, 4) is 0 Å². The molecule has 9 heteroatoms. The van der Waals surface area contributed by atoms with Crippen molar-refractivity contribution >= 4 is 30.7 Å². The fourth-order valence-electron chi connectivity index (χ4n) is 3.92. The van der Waals surface area contributed by atoms with Gasteiger partial charge in [-0.3, -0.25) is 14.3 Å². The van der Waals surface area contributed by atoms with Crippen molar-refractivity contribution in [2.24, 2.45) is 5.92 Å². The summed E-state index contributed by atoms with van der Waals surface area (Å²) >= 11 is 0. The molecule has 0 bridgehead atoms. The first kappa shape index (κ1) is 27.2. The zero-order valence-electron chi connectivity index (χ0n) is 18.8. The zero-order valence-corrected chi connectivity index (χ0v) is 20.5. The van der Waals surface area contributed by atoms with E-state index in [-0.39, 0.29) is 47.9 Å². The van der Waals surface area contributed by atoms with E-state index in [1.165, 1.54) is 0 Å².